The largest absolute Gasteiger partial charge is 0.480 e. The average Bonchev–Trinajstić information content (AvgIpc) is 2.48. The SMILES string of the molecule is CCc1ccc(CC(=O)N2CCCC[C@@H]2C(=O)O)cc1. The summed E-state index contributed by atoms with van der Waals surface area (Å²) in [5.74, 6) is -0.972. The van der Waals surface area contributed by atoms with Crippen LogP contribution in [0.4, 0.5) is 0 Å². The Balaban J connectivity index is 2.03. The number of benzene rings is 1. The Hall–Kier alpha value is -1.84. The molecule has 1 aromatic carbocycles. The molecule has 1 aromatic rings. The quantitative estimate of drug-likeness (QED) is 0.917. The maximum atomic E-state index is 12.3. The van der Waals surface area contributed by atoms with Crippen LogP contribution in [-0.2, 0) is 22.4 Å². The van der Waals surface area contributed by atoms with Crippen molar-refractivity contribution in [3.63, 3.8) is 0 Å². The minimum Gasteiger partial charge on any atom is -0.480 e. The van der Waals surface area contributed by atoms with Gasteiger partial charge in [0.25, 0.3) is 0 Å². The van der Waals surface area contributed by atoms with E-state index >= 15 is 0 Å². The van der Waals surface area contributed by atoms with E-state index in [9.17, 15) is 14.7 Å². The van der Waals surface area contributed by atoms with E-state index in [1.54, 1.807) is 0 Å². The number of hydrogen-bond donors (Lipinski definition) is 1. The molecule has 108 valence electrons. The normalized spacial score (nSPS) is 18.9. The Morgan fingerprint density at radius 3 is 2.45 bits per heavy atom. The lowest BCUT2D eigenvalue weighted by molar-refractivity contribution is -0.151. The second kappa shape index (κ2) is 6.55. The highest BCUT2D eigenvalue weighted by Crippen LogP contribution is 2.19. The van der Waals surface area contributed by atoms with E-state index in [4.69, 9.17) is 0 Å². The smallest absolute Gasteiger partial charge is 0.326 e. The number of amides is 1. The van der Waals surface area contributed by atoms with E-state index in [0.717, 1.165) is 24.8 Å². The molecule has 0 aliphatic carbocycles. The van der Waals surface area contributed by atoms with Crippen LogP contribution in [-0.4, -0.2) is 34.5 Å². The Kier molecular flexibility index (Phi) is 4.77. The molecule has 0 bridgehead atoms. The minimum atomic E-state index is -0.889. The molecule has 1 aliphatic heterocycles. The highest BCUT2D eigenvalue weighted by Gasteiger charge is 2.31. The highest BCUT2D eigenvalue weighted by molar-refractivity contribution is 5.85. The molecule has 0 unspecified atom stereocenters. The molecule has 1 saturated heterocycles. The van der Waals surface area contributed by atoms with Crippen molar-refractivity contribution in [2.45, 2.75) is 45.1 Å². The number of likely N-dealkylation sites (tertiary alicyclic amines) is 1. The fourth-order valence-electron chi connectivity index (χ4n) is 2.66. The van der Waals surface area contributed by atoms with Crippen molar-refractivity contribution in [1.82, 2.24) is 4.90 Å². The predicted octanol–water partition coefficient (Wildman–Crippen LogP) is 2.26. The van der Waals surface area contributed by atoms with E-state index < -0.39 is 12.0 Å². The van der Waals surface area contributed by atoms with Crippen LogP contribution in [0.5, 0.6) is 0 Å². The minimum absolute atomic E-state index is 0.0821. The van der Waals surface area contributed by atoms with Crippen molar-refractivity contribution in [2.24, 2.45) is 0 Å². The molecule has 0 aromatic heterocycles. The number of nitrogens with zero attached hydrogens (tertiary/aromatic N) is 1. The van der Waals surface area contributed by atoms with Crippen molar-refractivity contribution in [3.05, 3.63) is 35.4 Å². The summed E-state index contributed by atoms with van der Waals surface area (Å²) in [4.78, 5) is 25.0. The fourth-order valence-corrected chi connectivity index (χ4v) is 2.66. The number of aryl methyl sites for hydroxylation is 1. The first-order chi connectivity index (χ1) is 9.61. The number of rotatable bonds is 4. The van der Waals surface area contributed by atoms with Gasteiger partial charge in [-0.3, -0.25) is 4.79 Å². The van der Waals surface area contributed by atoms with Gasteiger partial charge in [-0.2, -0.15) is 0 Å². The van der Waals surface area contributed by atoms with Gasteiger partial charge in [-0.25, -0.2) is 4.79 Å². The van der Waals surface area contributed by atoms with Crippen molar-refractivity contribution < 1.29 is 14.7 Å². The van der Waals surface area contributed by atoms with Crippen LogP contribution >= 0.6 is 0 Å². The third kappa shape index (κ3) is 3.38. The molecule has 1 aliphatic rings. The molecule has 1 fully saturated rings. The Morgan fingerprint density at radius 1 is 1.20 bits per heavy atom. The van der Waals surface area contributed by atoms with Crippen LogP contribution < -0.4 is 0 Å². The third-order valence-electron chi connectivity index (χ3n) is 3.89. The standard InChI is InChI=1S/C16H21NO3/c1-2-12-6-8-13(9-7-12)11-15(18)17-10-4-3-5-14(17)16(19)20/h6-9,14H,2-5,10-11H2,1H3,(H,19,20)/t14-/m1/s1. The molecule has 4 heteroatoms. The third-order valence-corrected chi connectivity index (χ3v) is 3.89. The van der Waals surface area contributed by atoms with E-state index in [-0.39, 0.29) is 12.3 Å². The fraction of sp³-hybridized carbons (Fsp3) is 0.500. The number of aliphatic carboxylic acids is 1. The van der Waals surface area contributed by atoms with Gasteiger partial charge in [0.1, 0.15) is 6.04 Å². The molecule has 2 rings (SSSR count). The molecule has 1 amide bonds. The first-order valence-electron chi connectivity index (χ1n) is 7.22. The van der Waals surface area contributed by atoms with Crippen LogP contribution in [0.3, 0.4) is 0 Å². The molecular weight excluding hydrogens is 254 g/mol. The highest BCUT2D eigenvalue weighted by atomic mass is 16.4. The summed E-state index contributed by atoms with van der Waals surface area (Å²) in [6.45, 7) is 2.65. The number of hydrogen-bond acceptors (Lipinski definition) is 2. The van der Waals surface area contributed by atoms with Gasteiger partial charge >= 0.3 is 5.97 Å². The van der Waals surface area contributed by atoms with Gasteiger partial charge in [0.05, 0.1) is 6.42 Å². The Morgan fingerprint density at radius 2 is 1.85 bits per heavy atom. The predicted molar refractivity (Wildman–Crippen MR) is 76.5 cm³/mol. The molecule has 1 heterocycles. The number of carbonyl (C=O) groups is 2. The molecule has 0 radical (unpaired) electrons. The number of carboxylic acid groups (broad SMARTS) is 1. The topological polar surface area (TPSA) is 57.6 Å². The zero-order valence-electron chi connectivity index (χ0n) is 11.8. The van der Waals surface area contributed by atoms with Gasteiger partial charge in [-0.1, -0.05) is 31.2 Å². The lowest BCUT2D eigenvalue weighted by Crippen LogP contribution is -2.48. The van der Waals surface area contributed by atoms with Crippen molar-refractivity contribution in [1.29, 1.82) is 0 Å². The van der Waals surface area contributed by atoms with Crippen LogP contribution in [0.25, 0.3) is 0 Å². The number of carbonyl (C=O) groups excluding carboxylic acids is 1. The maximum Gasteiger partial charge on any atom is 0.326 e. The van der Waals surface area contributed by atoms with E-state index in [1.165, 1.54) is 10.5 Å². The molecule has 1 N–H and O–H groups in total. The lowest BCUT2D eigenvalue weighted by Gasteiger charge is -2.33. The van der Waals surface area contributed by atoms with Crippen molar-refractivity contribution in [3.8, 4) is 0 Å². The van der Waals surface area contributed by atoms with Gasteiger partial charge in [-0.15, -0.1) is 0 Å². The lowest BCUT2D eigenvalue weighted by atomic mass is 10.0. The summed E-state index contributed by atoms with van der Waals surface area (Å²) in [6, 6.07) is 7.31. The van der Waals surface area contributed by atoms with Gasteiger partial charge in [-0.05, 0) is 36.8 Å². The molecule has 20 heavy (non-hydrogen) atoms. The van der Waals surface area contributed by atoms with Crippen molar-refractivity contribution >= 4 is 11.9 Å². The second-order valence-corrected chi connectivity index (χ2v) is 5.28. The van der Waals surface area contributed by atoms with Crippen molar-refractivity contribution in [2.75, 3.05) is 6.54 Å². The van der Waals surface area contributed by atoms with Crippen LogP contribution in [0, 0.1) is 0 Å². The zero-order chi connectivity index (χ0) is 14.5. The molecule has 1 atom stereocenters. The summed E-state index contributed by atoms with van der Waals surface area (Å²) in [5, 5.41) is 9.20. The molecule has 0 spiro atoms. The monoisotopic (exact) mass is 275 g/mol. The first kappa shape index (κ1) is 14.6. The van der Waals surface area contributed by atoms with E-state index in [2.05, 4.69) is 6.92 Å². The summed E-state index contributed by atoms with van der Waals surface area (Å²) in [6.07, 6.45) is 3.60. The number of carboxylic acids is 1. The summed E-state index contributed by atoms with van der Waals surface area (Å²) in [7, 11) is 0. The van der Waals surface area contributed by atoms with E-state index in [0.29, 0.717) is 13.0 Å². The van der Waals surface area contributed by atoms with Gasteiger partial charge < -0.3 is 10.0 Å². The Labute approximate surface area is 119 Å². The average molecular weight is 275 g/mol. The molecular formula is C16H21NO3. The number of piperidine rings is 1. The zero-order valence-corrected chi connectivity index (χ0v) is 11.8. The molecule has 0 saturated carbocycles. The summed E-state index contributed by atoms with van der Waals surface area (Å²) < 4.78 is 0. The first-order valence-corrected chi connectivity index (χ1v) is 7.22. The summed E-state index contributed by atoms with van der Waals surface area (Å²) in [5.41, 5.74) is 2.18. The van der Waals surface area contributed by atoms with Gasteiger partial charge in [0, 0.05) is 6.54 Å². The maximum absolute atomic E-state index is 12.3. The van der Waals surface area contributed by atoms with E-state index in [1.807, 2.05) is 24.3 Å². The van der Waals surface area contributed by atoms with Gasteiger partial charge in [0.15, 0.2) is 0 Å². The van der Waals surface area contributed by atoms with Crippen LogP contribution in [0.1, 0.15) is 37.3 Å². The van der Waals surface area contributed by atoms with Crippen LogP contribution in [0.15, 0.2) is 24.3 Å². The van der Waals surface area contributed by atoms with Crippen LogP contribution in [0.2, 0.25) is 0 Å². The summed E-state index contributed by atoms with van der Waals surface area (Å²) >= 11 is 0. The van der Waals surface area contributed by atoms with Gasteiger partial charge in [0.2, 0.25) is 5.91 Å². The Bertz CT molecular complexity index is 481. The second-order valence-electron chi connectivity index (χ2n) is 5.28. The molecule has 4 nitrogen and oxygen atoms in total.